The Kier molecular flexibility index (Phi) is 1.81. The van der Waals surface area contributed by atoms with Crippen molar-refractivity contribution >= 4 is 0 Å². The highest BCUT2D eigenvalue weighted by Gasteiger charge is 1.94. The lowest BCUT2D eigenvalue weighted by atomic mass is 10.4. The summed E-state index contributed by atoms with van der Waals surface area (Å²) in [4.78, 5) is 7.02. The summed E-state index contributed by atoms with van der Waals surface area (Å²) in [6.07, 6.45) is 2.11. The second kappa shape index (κ2) is 2.82. The second-order valence-electron chi connectivity index (χ2n) is 1.56. The molecule has 0 amide bonds. The molecule has 1 N–H and O–H groups in total. The quantitative estimate of drug-likeness (QED) is 0.572. The summed E-state index contributed by atoms with van der Waals surface area (Å²) in [6.45, 7) is 6.95. The minimum absolute atomic E-state index is 0.481. The van der Waals surface area contributed by atoms with Crippen LogP contribution in [0, 0.1) is 6.57 Å². The van der Waals surface area contributed by atoms with Gasteiger partial charge in [-0.3, -0.25) is 5.10 Å². The second-order valence-corrected chi connectivity index (χ2v) is 1.56. The highest BCUT2D eigenvalue weighted by atomic mass is 15.2. The molecule has 1 rings (SSSR count). The lowest BCUT2D eigenvalue weighted by molar-refractivity contribution is 0.925. The van der Waals surface area contributed by atoms with Crippen molar-refractivity contribution in [2.24, 2.45) is 0 Å². The van der Waals surface area contributed by atoms with Crippen molar-refractivity contribution in [3.63, 3.8) is 0 Å². The number of rotatable bonds is 2. The summed E-state index contributed by atoms with van der Waals surface area (Å²) in [7, 11) is 0. The molecule has 0 radical (unpaired) electrons. The highest BCUT2D eigenvalue weighted by molar-refractivity contribution is 4.82. The van der Waals surface area contributed by atoms with Gasteiger partial charge in [0.15, 0.2) is 0 Å². The van der Waals surface area contributed by atoms with Gasteiger partial charge >= 0.3 is 0 Å². The van der Waals surface area contributed by atoms with E-state index in [2.05, 4.69) is 20.0 Å². The summed E-state index contributed by atoms with van der Waals surface area (Å²) in [6, 6.07) is 0. The Morgan fingerprint density at radius 2 is 2.67 bits per heavy atom. The maximum Gasteiger partial charge on any atom is 0.221 e. The van der Waals surface area contributed by atoms with Gasteiger partial charge in [-0.25, -0.2) is 11.6 Å². The molecule has 0 aliphatic rings. The molecule has 0 bridgehead atoms. The van der Waals surface area contributed by atoms with Crippen LogP contribution in [0.25, 0.3) is 4.85 Å². The largest absolute Gasteiger partial charge is 0.316 e. The number of aromatic amines is 1. The first-order chi connectivity index (χ1) is 4.43. The van der Waals surface area contributed by atoms with E-state index in [1.165, 1.54) is 6.33 Å². The fourth-order valence-electron chi connectivity index (χ4n) is 0.513. The first kappa shape index (κ1) is 5.76. The summed E-state index contributed by atoms with van der Waals surface area (Å²) in [5, 5.41) is 6.30. The molecule has 4 nitrogen and oxygen atoms in total. The van der Waals surface area contributed by atoms with Crippen LogP contribution in [0.1, 0.15) is 5.82 Å². The van der Waals surface area contributed by atoms with Gasteiger partial charge < -0.3 is 4.85 Å². The van der Waals surface area contributed by atoms with Crippen molar-refractivity contribution in [1.82, 2.24) is 15.2 Å². The summed E-state index contributed by atoms with van der Waals surface area (Å²) < 4.78 is 0. The SMILES string of the molecule is [C-]#[N+]CCc1ncn[nH]1. The van der Waals surface area contributed by atoms with Gasteiger partial charge in [0.05, 0.1) is 6.42 Å². The standard InChI is InChI=1S/C5H6N4/c1-6-3-2-5-7-4-8-9-5/h4H,2-3H2,(H,7,8,9). The third kappa shape index (κ3) is 1.53. The van der Waals surface area contributed by atoms with Crippen LogP contribution in [0.2, 0.25) is 0 Å². The molecule has 0 atom stereocenters. The Morgan fingerprint density at radius 1 is 1.78 bits per heavy atom. The summed E-state index contributed by atoms with van der Waals surface area (Å²) in [5.41, 5.74) is 0. The first-order valence-corrected chi connectivity index (χ1v) is 2.61. The Hall–Kier alpha value is -1.37. The van der Waals surface area contributed by atoms with E-state index in [4.69, 9.17) is 6.57 Å². The van der Waals surface area contributed by atoms with Crippen LogP contribution in [-0.4, -0.2) is 21.7 Å². The van der Waals surface area contributed by atoms with Gasteiger partial charge in [0.2, 0.25) is 6.54 Å². The minimum Gasteiger partial charge on any atom is -0.316 e. The summed E-state index contributed by atoms with van der Waals surface area (Å²) in [5.74, 6) is 0.783. The molecule has 4 heteroatoms. The number of aromatic nitrogens is 3. The van der Waals surface area contributed by atoms with Gasteiger partial charge in [-0.2, -0.15) is 5.10 Å². The molecule has 0 saturated heterocycles. The van der Waals surface area contributed by atoms with E-state index in [1.807, 2.05) is 0 Å². The van der Waals surface area contributed by atoms with E-state index in [-0.39, 0.29) is 0 Å². The maximum atomic E-state index is 6.47. The number of H-pyrrole nitrogens is 1. The van der Waals surface area contributed by atoms with Crippen LogP contribution in [0.15, 0.2) is 6.33 Å². The molecule has 9 heavy (non-hydrogen) atoms. The van der Waals surface area contributed by atoms with Crippen LogP contribution < -0.4 is 0 Å². The third-order valence-electron chi connectivity index (χ3n) is 0.925. The molecule has 0 fully saturated rings. The number of nitrogens with zero attached hydrogens (tertiary/aromatic N) is 3. The smallest absolute Gasteiger partial charge is 0.221 e. The monoisotopic (exact) mass is 122 g/mol. The van der Waals surface area contributed by atoms with E-state index < -0.39 is 0 Å². The molecular formula is C5H6N4. The lowest BCUT2D eigenvalue weighted by Gasteiger charge is -1.81. The molecular weight excluding hydrogens is 116 g/mol. The molecule has 0 spiro atoms. The van der Waals surface area contributed by atoms with Gasteiger partial charge in [0.25, 0.3) is 0 Å². The Morgan fingerprint density at radius 3 is 3.22 bits per heavy atom. The normalized spacial score (nSPS) is 8.78. The molecule has 1 aromatic heterocycles. The fraction of sp³-hybridized carbons (Fsp3) is 0.400. The van der Waals surface area contributed by atoms with E-state index in [0.717, 1.165) is 5.82 Å². The van der Waals surface area contributed by atoms with Crippen LogP contribution in [0.4, 0.5) is 0 Å². The van der Waals surface area contributed by atoms with Crippen molar-refractivity contribution in [3.05, 3.63) is 23.6 Å². The predicted octanol–water partition coefficient (Wildman–Crippen LogP) is 0.266. The van der Waals surface area contributed by atoms with Crippen LogP contribution in [0.3, 0.4) is 0 Å². The van der Waals surface area contributed by atoms with Gasteiger partial charge in [0.1, 0.15) is 12.2 Å². The van der Waals surface area contributed by atoms with Gasteiger partial charge in [0, 0.05) is 0 Å². The molecule has 0 aliphatic carbocycles. The van der Waals surface area contributed by atoms with E-state index >= 15 is 0 Å². The van der Waals surface area contributed by atoms with Crippen molar-refractivity contribution in [2.45, 2.75) is 6.42 Å². The Balaban J connectivity index is 2.41. The zero-order chi connectivity index (χ0) is 6.53. The number of nitrogens with one attached hydrogen (secondary N) is 1. The molecule has 1 aromatic rings. The average molecular weight is 122 g/mol. The van der Waals surface area contributed by atoms with Crippen molar-refractivity contribution in [2.75, 3.05) is 6.54 Å². The summed E-state index contributed by atoms with van der Waals surface area (Å²) >= 11 is 0. The van der Waals surface area contributed by atoms with Crippen molar-refractivity contribution < 1.29 is 0 Å². The minimum atomic E-state index is 0.481. The van der Waals surface area contributed by atoms with Gasteiger partial charge in [-0.15, -0.1) is 0 Å². The van der Waals surface area contributed by atoms with Crippen LogP contribution >= 0.6 is 0 Å². The van der Waals surface area contributed by atoms with E-state index in [9.17, 15) is 0 Å². The van der Waals surface area contributed by atoms with Gasteiger partial charge in [-0.1, -0.05) is 0 Å². The predicted molar refractivity (Wildman–Crippen MR) is 31.6 cm³/mol. The zero-order valence-electron chi connectivity index (χ0n) is 4.83. The Labute approximate surface area is 52.7 Å². The molecule has 46 valence electrons. The highest BCUT2D eigenvalue weighted by Crippen LogP contribution is 1.86. The first-order valence-electron chi connectivity index (χ1n) is 2.61. The lowest BCUT2D eigenvalue weighted by Crippen LogP contribution is -1.89. The molecule has 0 unspecified atom stereocenters. The van der Waals surface area contributed by atoms with Crippen LogP contribution in [0.5, 0.6) is 0 Å². The zero-order valence-corrected chi connectivity index (χ0v) is 4.83. The molecule has 0 aliphatic heterocycles. The molecule has 0 aromatic carbocycles. The molecule has 0 saturated carbocycles. The van der Waals surface area contributed by atoms with Crippen molar-refractivity contribution in [3.8, 4) is 0 Å². The van der Waals surface area contributed by atoms with E-state index in [1.54, 1.807) is 0 Å². The average Bonchev–Trinajstić information content (AvgIpc) is 2.34. The fourth-order valence-corrected chi connectivity index (χ4v) is 0.513. The number of hydrogen-bond donors (Lipinski definition) is 1. The molecule has 1 heterocycles. The topological polar surface area (TPSA) is 45.9 Å². The number of hydrogen-bond acceptors (Lipinski definition) is 2. The van der Waals surface area contributed by atoms with Crippen LogP contribution in [-0.2, 0) is 6.42 Å². The van der Waals surface area contributed by atoms with Gasteiger partial charge in [-0.05, 0) is 0 Å². The maximum absolute atomic E-state index is 6.47. The Bertz CT molecular complexity index is 195. The third-order valence-corrected chi connectivity index (χ3v) is 0.925. The van der Waals surface area contributed by atoms with Crippen molar-refractivity contribution in [1.29, 1.82) is 0 Å². The van der Waals surface area contributed by atoms with E-state index in [0.29, 0.717) is 13.0 Å².